The molecule has 0 spiro atoms. The van der Waals surface area contributed by atoms with Crippen molar-refractivity contribution in [1.29, 1.82) is 0 Å². The van der Waals surface area contributed by atoms with Gasteiger partial charge in [-0.1, -0.05) is 32.0 Å². The van der Waals surface area contributed by atoms with Crippen LogP contribution >= 0.6 is 0 Å². The van der Waals surface area contributed by atoms with Crippen LogP contribution in [-0.2, 0) is 14.8 Å². The number of nitrogens with one attached hydrogen (secondary N) is 2. The fourth-order valence-electron chi connectivity index (χ4n) is 2.50. The molecule has 1 aliphatic heterocycles. The van der Waals surface area contributed by atoms with E-state index in [9.17, 15) is 13.2 Å². The van der Waals surface area contributed by atoms with Gasteiger partial charge in [-0.05, 0) is 36.8 Å². The molecule has 116 valence electrons. The molecule has 1 unspecified atom stereocenters. The second-order valence-electron chi connectivity index (χ2n) is 5.65. The van der Waals surface area contributed by atoms with Gasteiger partial charge in [0, 0.05) is 6.54 Å². The maximum Gasteiger partial charge on any atom is 0.241 e. The van der Waals surface area contributed by atoms with Crippen molar-refractivity contribution in [3.63, 3.8) is 0 Å². The zero-order chi connectivity index (χ0) is 15.5. The van der Waals surface area contributed by atoms with Gasteiger partial charge in [0.1, 0.15) is 6.04 Å². The van der Waals surface area contributed by atoms with E-state index in [2.05, 4.69) is 10.0 Å². The Morgan fingerprint density at radius 3 is 2.67 bits per heavy atom. The third-order valence-corrected chi connectivity index (χ3v) is 5.21. The number of carbonyl (C=O) groups is 1. The first-order valence-electron chi connectivity index (χ1n) is 7.31. The van der Waals surface area contributed by atoms with Gasteiger partial charge >= 0.3 is 0 Å². The number of hydrogen-bond donors (Lipinski definition) is 2. The standard InChI is InChI=1S/C15H22N2O3S/c1-11(2)12-7-3-4-9-14(12)21(19,20)17-13-8-5-6-10-16-15(13)18/h3-4,7,9,11,13,17H,5-6,8,10H2,1-2H3,(H,16,18). The molecular weight excluding hydrogens is 288 g/mol. The minimum atomic E-state index is -3.70. The maximum atomic E-state index is 12.6. The Morgan fingerprint density at radius 1 is 1.24 bits per heavy atom. The summed E-state index contributed by atoms with van der Waals surface area (Å²) < 4.78 is 27.7. The number of hydrogen-bond acceptors (Lipinski definition) is 3. The quantitative estimate of drug-likeness (QED) is 0.890. The predicted molar refractivity (Wildman–Crippen MR) is 81.5 cm³/mol. The largest absolute Gasteiger partial charge is 0.355 e. The second-order valence-corrected chi connectivity index (χ2v) is 7.34. The molecule has 1 aromatic carbocycles. The maximum absolute atomic E-state index is 12.6. The van der Waals surface area contributed by atoms with Crippen LogP contribution < -0.4 is 10.0 Å². The lowest BCUT2D eigenvalue weighted by Gasteiger charge is -2.18. The number of amides is 1. The number of benzene rings is 1. The van der Waals surface area contributed by atoms with E-state index < -0.39 is 16.1 Å². The molecule has 1 aromatic rings. The summed E-state index contributed by atoms with van der Waals surface area (Å²) in [5.41, 5.74) is 0.763. The molecule has 2 N–H and O–H groups in total. The van der Waals surface area contributed by atoms with Crippen LogP contribution in [0.3, 0.4) is 0 Å². The zero-order valence-electron chi connectivity index (χ0n) is 12.4. The summed E-state index contributed by atoms with van der Waals surface area (Å²) in [7, 11) is -3.70. The van der Waals surface area contributed by atoms with Crippen LogP contribution in [0.1, 0.15) is 44.6 Å². The van der Waals surface area contributed by atoms with E-state index in [-0.39, 0.29) is 16.7 Å². The molecule has 1 aliphatic rings. The van der Waals surface area contributed by atoms with Crippen LogP contribution in [0.5, 0.6) is 0 Å². The normalized spacial score (nSPS) is 20.1. The van der Waals surface area contributed by atoms with Crippen molar-refractivity contribution in [2.24, 2.45) is 0 Å². The van der Waals surface area contributed by atoms with Crippen LogP contribution in [0, 0.1) is 0 Å². The minimum absolute atomic E-state index is 0.0979. The predicted octanol–water partition coefficient (Wildman–Crippen LogP) is 1.76. The van der Waals surface area contributed by atoms with Crippen LogP contribution in [0.15, 0.2) is 29.2 Å². The van der Waals surface area contributed by atoms with E-state index in [0.29, 0.717) is 13.0 Å². The lowest BCUT2D eigenvalue weighted by atomic mass is 10.0. The Bertz CT molecular complexity index is 611. The van der Waals surface area contributed by atoms with E-state index in [1.807, 2.05) is 26.0 Å². The molecule has 6 heteroatoms. The highest BCUT2D eigenvalue weighted by Crippen LogP contribution is 2.23. The van der Waals surface area contributed by atoms with Crippen molar-refractivity contribution in [3.05, 3.63) is 29.8 Å². The molecule has 0 radical (unpaired) electrons. The van der Waals surface area contributed by atoms with Crippen LogP contribution in [-0.4, -0.2) is 26.9 Å². The molecule has 0 bridgehead atoms. The van der Waals surface area contributed by atoms with Gasteiger partial charge in [0.25, 0.3) is 0 Å². The minimum Gasteiger partial charge on any atom is -0.355 e. The van der Waals surface area contributed by atoms with Crippen molar-refractivity contribution < 1.29 is 13.2 Å². The van der Waals surface area contributed by atoms with E-state index in [1.54, 1.807) is 12.1 Å². The van der Waals surface area contributed by atoms with E-state index >= 15 is 0 Å². The second kappa shape index (κ2) is 6.58. The molecule has 1 amide bonds. The van der Waals surface area contributed by atoms with Crippen molar-refractivity contribution in [2.75, 3.05) is 6.54 Å². The van der Waals surface area contributed by atoms with Gasteiger partial charge < -0.3 is 5.32 Å². The van der Waals surface area contributed by atoms with Gasteiger partial charge in [-0.25, -0.2) is 8.42 Å². The lowest BCUT2D eigenvalue weighted by molar-refractivity contribution is -0.122. The van der Waals surface area contributed by atoms with E-state index in [4.69, 9.17) is 0 Å². The number of carbonyl (C=O) groups excluding carboxylic acids is 1. The molecule has 0 aliphatic carbocycles. The highest BCUT2D eigenvalue weighted by atomic mass is 32.2. The first-order chi connectivity index (χ1) is 9.92. The first-order valence-corrected chi connectivity index (χ1v) is 8.79. The molecule has 21 heavy (non-hydrogen) atoms. The summed E-state index contributed by atoms with van der Waals surface area (Å²) in [6.07, 6.45) is 2.25. The zero-order valence-corrected chi connectivity index (χ0v) is 13.2. The Hall–Kier alpha value is -1.40. The number of sulfonamides is 1. The monoisotopic (exact) mass is 310 g/mol. The van der Waals surface area contributed by atoms with Gasteiger partial charge in [-0.2, -0.15) is 4.72 Å². The summed E-state index contributed by atoms with van der Waals surface area (Å²) >= 11 is 0. The van der Waals surface area contributed by atoms with E-state index in [1.165, 1.54) is 0 Å². The van der Waals surface area contributed by atoms with Crippen molar-refractivity contribution >= 4 is 15.9 Å². The fraction of sp³-hybridized carbons (Fsp3) is 0.533. The van der Waals surface area contributed by atoms with Crippen LogP contribution in [0.2, 0.25) is 0 Å². The Morgan fingerprint density at radius 2 is 1.95 bits per heavy atom. The summed E-state index contributed by atoms with van der Waals surface area (Å²) in [6, 6.07) is 6.25. The molecule has 0 aromatic heterocycles. The number of rotatable bonds is 4. The summed E-state index contributed by atoms with van der Waals surface area (Å²) in [5.74, 6) is -0.140. The summed E-state index contributed by atoms with van der Waals surface area (Å²) in [5, 5.41) is 2.74. The van der Waals surface area contributed by atoms with Crippen molar-refractivity contribution in [3.8, 4) is 0 Å². The molecule has 1 atom stereocenters. The van der Waals surface area contributed by atoms with Crippen molar-refractivity contribution in [1.82, 2.24) is 10.0 Å². The van der Waals surface area contributed by atoms with Crippen LogP contribution in [0.25, 0.3) is 0 Å². The average Bonchev–Trinajstić information content (AvgIpc) is 2.64. The Labute approximate surface area is 126 Å². The third kappa shape index (κ3) is 3.83. The highest BCUT2D eigenvalue weighted by molar-refractivity contribution is 7.89. The van der Waals surface area contributed by atoms with E-state index in [0.717, 1.165) is 18.4 Å². The van der Waals surface area contributed by atoms with Gasteiger partial charge in [-0.3, -0.25) is 4.79 Å². The van der Waals surface area contributed by atoms with Gasteiger partial charge in [0.15, 0.2) is 0 Å². The van der Waals surface area contributed by atoms with Gasteiger partial charge in [0.05, 0.1) is 4.90 Å². The van der Waals surface area contributed by atoms with Crippen molar-refractivity contribution in [2.45, 2.75) is 50.0 Å². The third-order valence-electron chi connectivity index (χ3n) is 3.66. The van der Waals surface area contributed by atoms with Gasteiger partial charge in [-0.15, -0.1) is 0 Å². The summed E-state index contributed by atoms with van der Waals surface area (Å²) in [4.78, 5) is 12.2. The lowest BCUT2D eigenvalue weighted by Crippen LogP contribution is -2.45. The molecule has 1 fully saturated rings. The summed E-state index contributed by atoms with van der Waals surface area (Å²) in [6.45, 7) is 4.51. The highest BCUT2D eigenvalue weighted by Gasteiger charge is 2.28. The SMILES string of the molecule is CC(C)c1ccccc1S(=O)(=O)NC1CCCCNC1=O. The molecule has 1 heterocycles. The molecule has 2 rings (SSSR count). The molecular formula is C15H22N2O3S. The Kier molecular flexibility index (Phi) is 5.00. The fourth-order valence-corrected chi connectivity index (χ4v) is 4.10. The molecule has 1 saturated heterocycles. The Balaban J connectivity index is 2.28. The van der Waals surface area contributed by atoms with Gasteiger partial charge in [0.2, 0.25) is 15.9 Å². The topological polar surface area (TPSA) is 75.3 Å². The van der Waals surface area contributed by atoms with Crippen LogP contribution in [0.4, 0.5) is 0 Å². The smallest absolute Gasteiger partial charge is 0.241 e. The molecule has 0 saturated carbocycles. The first kappa shape index (κ1) is 16.0. The average molecular weight is 310 g/mol. The molecule has 5 nitrogen and oxygen atoms in total.